The quantitative estimate of drug-likeness (QED) is 0.164. The van der Waals surface area contributed by atoms with Crippen molar-refractivity contribution in [3.05, 3.63) is 65.2 Å². The molecule has 230 valence electrons. The summed E-state index contributed by atoms with van der Waals surface area (Å²) >= 11 is 0. The smallest absolute Gasteiger partial charge is 0.335 e. The van der Waals surface area contributed by atoms with Crippen molar-refractivity contribution in [2.75, 3.05) is 78.5 Å². The van der Waals surface area contributed by atoms with Gasteiger partial charge in [0.2, 0.25) is 0 Å². The first-order chi connectivity index (χ1) is 20.5. The van der Waals surface area contributed by atoms with Crippen LogP contribution in [0, 0.1) is 0 Å². The van der Waals surface area contributed by atoms with Crippen molar-refractivity contribution in [2.24, 2.45) is 0 Å². The molecule has 12 nitrogen and oxygen atoms in total. The van der Waals surface area contributed by atoms with E-state index in [1.807, 2.05) is 36.4 Å². The average Bonchev–Trinajstić information content (AvgIpc) is 3.00. The molecule has 3 aliphatic heterocycles. The van der Waals surface area contributed by atoms with Gasteiger partial charge in [0, 0.05) is 91.6 Å². The van der Waals surface area contributed by atoms with E-state index in [0.717, 1.165) is 89.7 Å². The van der Waals surface area contributed by atoms with E-state index in [1.54, 1.807) is 12.1 Å². The number of ether oxygens (including phenoxy) is 1. The van der Waals surface area contributed by atoms with Gasteiger partial charge in [-0.2, -0.15) is 0 Å². The van der Waals surface area contributed by atoms with Gasteiger partial charge < -0.3 is 52.4 Å². The molecular formula is C30H46N8O4. The number of aromatic carboxylic acids is 1. The molecule has 3 saturated heterocycles. The standard InChI is InChI=1S/C30H46N8O4/c39-23-42-27-7-3-25(4-8-27)16-38-30-20-34-12-9-31-17-29(18-32-10-13-35-21-30,19-33-11-14-36-22-30)37-15-24-1-5-26(6-2-24)28(40)41/h1-8,23,31-38H,9-22H2,(H,40,41). The molecule has 0 saturated carbocycles. The Labute approximate surface area is 248 Å². The molecule has 42 heavy (non-hydrogen) atoms. The predicted molar refractivity (Wildman–Crippen MR) is 163 cm³/mol. The monoisotopic (exact) mass is 582 g/mol. The maximum atomic E-state index is 11.2. The average molecular weight is 583 g/mol. The summed E-state index contributed by atoms with van der Waals surface area (Å²) in [6, 6.07) is 14.7. The number of nitrogens with one attached hydrogen (secondary N) is 8. The molecule has 2 aromatic rings. The van der Waals surface area contributed by atoms with Crippen molar-refractivity contribution in [3.8, 4) is 5.75 Å². The minimum atomic E-state index is -0.913. The number of benzene rings is 2. The predicted octanol–water partition coefficient (Wildman–Crippen LogP) is -1.16. The summed E-state index contributed by atoms with van der Waals surface area (Å²) in [7, 11) is 0. The lowest BCUT2D eigenvalue weighted by Crippen LogP contribution is -2.66. The summed E-state index contributed by atoms with van der Waals surface area (Å²) < 4.78 is 4.93. The summed E-state index contributed by atoms with van der Waals surface area (Å²) in [6.07, 6.45) is 0. The van der Waals surface area contributed by atoms with Crippen LogP contribution in [-0.2, 0) is 17.9 Å². The Balaban J connectivity index is 1.41. The van der Waals surface area contributed by atoms with Gasteiger partial charge in [0.15, 0.2) is 0 Å². The Morgan fingerprint density at radius 2 is 1.02 bits per heavy atom. The lowest BCUT2D eigenvalue weighted by atomic mass is 9.96. The SMILES string of the molecule is O=COc1ccc(CNC23CNCCNCC(NCc4ccc(C(=O)O)cc4)(CNCCNC2)CNCCNC3)cc1. The van der Waals surface area contributed by atoms with E-state index < -0.39 is 5.97 Å². The molecule has 0 amide bonds. The summed E-state index contributed by atoms with van der Waals surface area (Å²) in [5.74, 6) is -0.377. The third-order valence-corrected chi connectivity index (χ3v) is 7.86. The van der Waals surface area contributed by atoms with E-state index in [4.69, 9.17) is 4.74 Å². The lowest BCUT2D eigenvalue weighted by molar-refractivity contribution is -0.120. The number of hydrogen-bond acceptors (Lipinski definition) is 11. The molecule has 0 aliphatic carbocycles. The van der Waals surface area contributed by atoms with Crippen LogP contribution >= 0.6 is 0 Å². The van der Waals surface area contributed by atoms with Crippen molar-refractivity contribution < 1.29 is 19.4 Å². The maximum absolute atomic E-state index is 11.2. The van der Waals surface area contributed by atoms with E-state index in [-0.39, 0.29) is 11.1 Å². The van der Waals surface area contributed by atoms with Crippen molar-refractivity contribution >= 4 is 12.4 Å². The first-order valence-electron chi connectivity index (χ1n) is 14.8. The largest absolute Gasteiger partial charge is 0.478 e. The first-order valence-corrected chi connectivity index (χ1v) is 14.8. The highest BCUT2D eigenvalue weighted by Crippen LogP contribution is 2.13. The molecule has 2 bridgehead atoms. The summed E-state index contributed by atoms with van der Waals surface area (Å²) in [6.45, 7) is 11.4. The fraction of sp³-hybridized carbons (Fsp3) is 0.533. The van der Waals surface area contributed by atoms with E-state index in [1.165, 1.54) is 0 Å². The minimum absolute atomic E-state index is 0.215. The van der Waals surface area contributed by atoms with Crippen LogP contribution in [-0.4, -0.2) is 107 Å². The Kier molecular flexibility index (Phi) is 12.7. The van der Waals surface area contributed by atoms with Gasteiger partial charge in [-0.1, -0.05) is 24.3 Å². The second kappa shape index (κ2) is 16.6. The van der Waals surface area contributed by atoms with Crippen LogP contribution in [0.2, 0.25) is 0 Å². The molecule has 5 rings (SSSR count). The molecule has 0 aromatic heterocycles. The van der Waals surface area contributed by atoms with Crippen LogP contribution in [0.1, 0.15) is 21.5 Å². The summed E-state index contributed by atoms with van der Waals surface area (Å²) in [5.41, 5.74) is 2.01. The normalized spacial score (nSPS) is 24.8. The topological polar surface area (TPSA) is 160 Å². The summed E-state index contributed by atoms with van der Waals surface area (Å²) in [5, 5.41) is 38.8. The molecule has 3 heterocycles. The van der Waals surface area contributed by atoms with Gasteiger partial charge >= 0.3 is 5.97 Å². The molecular weight excluding hydrogens is 536 g/mol. The van der Waals surface area contributed by atoms with Gasteiger partial charge in [-0.3, -0.25) is 4.79 Å². The highest BCUT2D eigenvalue weighted by molar-refractivity contribution is 5.87. The second-order valence-electron chi connectivity index (χ2n) is 11.2. The molecule has 0 atom stereocenters. The third kappa shape index (κ3) is 10.1. The maximum Gasteiger partial charge on any atom is 0.335 e. The van der Waals surface area contributed by atoms with E-state index >= 15 is 0 Å². The Hall–Kier alpha value is -2.94. The van der Waals surface area contributed by atoms with Crippen LogP contribution in [0.3, 0.4) is 0 Å². The zero-order valence-electron chi connectivity index (χ0n) is 24.3. The van der Waals surface area contributed by atoms with Crippen LogP contribution in [0.5, 0.6) is 5.75 Å². The van der Waals surface area contributed by atoms with Crippen LogP contribution in [0.4, 0.5) is 0 Å². The van der Waals surface area contributed by atoms with Crippen molar-refractivity contribution in [1.29, 1.82) is 0 Å². The number of fused-ring (bicyclic) bond motifs is 15. The summed E-state index contributed by atoms with van der Waals surface area (Å²) in [4.78, 5) is 21.9. The molecule has 0 unspecified atom stereocenters. The number of carboxylic acids is 1. The zero-order chi connectivity index (χ0) is 29.5. The van der Waals surface area contributed by atoms with Crippen molar-refractivity contribution in [2.45, 2.75) is 24.2 Å². The van der Waals surface area contributed by atoms with Gasteiger partial charge in [0.25, 0.3) is 6.47 Å². The number of carbonyl (C=O) groups is 2. The van der Waals surface area contributed by atoms with Crippen molar-refractivity contribution in [3.63, 3.8) is 0 Å². The van der Waals surface area contributed by atoms with Gasteiger partial charge in [-0.25, -0.2) is 4.79 Å². The molecule has 3 aliphatic rings. The molecule has 12 heteroatoms. The molecule has 0 radical (unpaired) electrons. The van der Waals surface area contributed by atoms with Crippen LogP contribution in [0.25, 0.3) is 0 Å². The van der Waals surface area contributed by atoms with Gasteiger partial charge in [0.1, 0.15) is 5.75 Å². The fourth-order valence-electron chi connectivity index (χ4n) is 5.33. The molecule has 2 aromatic carbocycles. The Morgan fingerprint density at radius 3 is 1.36 bits per heavy atom. The van der Waals surface area contributed by atoms with E-state index in [9.17, 15) is 14.7 Å². The number of carbonyl (C=O) groups excluding carboxylic acids is 1. The van der Waals surface area contributed by atoms with Crippen LogP contribution < -0.4 is 47.3 Å². The number of hydrogen-bond donors (Lipinski definition) is 9. The molecule has 9 N–H and O–H groups in total. The third-order valence-electron chi connectivity index (χ3n) is 7.86. The van der Waals surface area contributed by atoms with E-state index in [0.29, 0.717) is 30.9 Å². The molecule has 0 spiro atoms. The van der Waals surface area contributed by atoms with Gasteiger partial charge in [-0.15, -0.1) is 0 Å². The first kappa shape index (κ1) is 32.0. The lowest BCUT2D eigenvalue weighted by Gasteiger charge is -2.39. The fourth-order valence-corrected chi connectivity index (χ4v) is 5.33. The number of carboxylic acid groups (broad SMARTS) is 1. The zero-order valence-corrected chi connectivity index (χ0v) is 24.3. The highest BCUT2D eigenvalue weighted by Gasteiger charge is 2.31. The Morgan fingerprint density at radius 1 is 0.667 bits per heavy atom. The van der Waals surface area contributed by atoms with Crippen LogP contribution in [0.15, 0.2) is 48.5 Å². The van der Waals surface area contributed by atoms with Gasteiger partial charge in [-0.05, 0) is 35.4 Å². The van der Waals surface area contributed by atoms with E-state index in [2.05, 4.69) is 42.5 Å². The minimum Gasteiger partial charge on any atom is -0.478 e. The Bertz CT molecular complexity index is 1060. The van der Waals surface area contributed by atoms with Gasteiger partial charge in [0.05, 0.1) is 16.6 Å². The second-order valence-corrected chi connectivity index (χ2v) is 11.2. The van der Waals surface area contributed by atoms with Crippen molar-refractivity contribution in [1.82, 2.24) is 42.5 Å². The number of rotatable bonds is 9. The highest BCUT2D eigenvalue weighted by atomic mass is 16.5. The molecule has 3 fully saturated rings.